The molecule has 2 aromatic rings. The zero-order chi connectivity index (χ0) is 19.6. The van der Waals surface area contributed by atoms with Crippen LogP contribution in [-0.4, -0.2) is 26.2 Å². The Bertz CT molecular complexity index is 765. The van der Waals surface area contributed by atoms with Gasteiger partial charge in [0, 0.05) is 25.2 Å². The van der Waals surface area contributed by atoms with Gasteiger partial charge in [-0.2, -0.15) is 0 Å². The molecule has 0 bridgehead atoms. The van der Waals surface area contributed by atoms with E-state index in [9.17, 15) is 4.79 Å². The second kappa shape index (κ2) is 10.9. The molecule has 0 unspecified atom stereocenters. The van der Waals surface area contributed by atoms with Crippen LogP contribution < -0.4 is 20.1 Å². The number of nitrogens with one attached hydrogen (secondary N) is 2. The monoisotopic (exact) mass is 434 g/mol. The van der Waals surface area contributed by atoms with Crippen LogP contribution in [0.25, 0.3) is 0 Å². The summed E-state index contributed by atoms with van der Waals surface area (Å²) in [5.74, 6) is 1.39. The van der Waals surface area contributed by atoms with E-state index in [2.05, 4.69) is 26.6 Å². The zero-order valence-corrected chi connectivity index (χ0v) is 17.7. The normalized spacial score (nSPS) is 10.5. The standard InChI is InChI=1S/C21H27BrN2O3/c1-4-9-24-21(25)17-8-6-7-15(10-17)13-23-14-16-11-18(22)20(26-3)19(12-16)27-5-2/h6-8,10-12,23H,4-5,9,13-14H2,1-3H3,(H,24,25). The van der Waals surface area contributed by atoms with Crippen LogP contribution in [0.4, 0.5) is 0 Å². The molecule has 0 aliphatic carbocycles. The Morgan fingerprint density at radius 3 is 2.59 bits per heavy atom. The van der Waals surface area contributed by atoms with Crippen molar-refractivity contribution in [3.8, 4) is 11.5 Å². The first-order valence-electron chi connectivity index (χ1n) is 9.16. The van der Waals surface area contributed by atoms with Gasteiger partial charge in [0.05, 0.1) is 18.2 Å². The third kappa shape index (κ3) is 6.26. The Kier molecular flexibility index (Phi) is 8.61. The number of benzene rings is 2. The molecule has 2 aromatic carbocycles. The first kappa shape index (κ1) is 21.3. The number of halogens is 1. The molecule has 0 heterocycles. The molecule has 0 fully saturated rings. The van der Waals surface area contributed by atoms with Gasteiger partial charge in [0.15, 0.2) is 11.5 Å². The van der Waals surface area contributed by atoms with Crippen LogP contribution in [0, 0.1) is 0 Å². The number of methoxy groups -OCH3 is 1. The summed E-state index contributed by atoms with van der Waals surface area (Å²) in [6.45, 7) is 6.59. The van der Waals surface area contributed by atoms with Gasteiger partial charge in [0.1, 0.15) is 0 Å². The van der Waals surface area contributed by atoms with Gasteiger partial charge < -0.3 is 20.1 Å². The maximum atomic E-state index is 12.1. The molecule has 0 saturated heterocycles. The summed E-state index contributed by atoms with van der Waals surface area (Å²) in [7, 11) is 1.63. The van der Waals surface area contributed by atoms with Gasteiger partial charge in [-0.1, -0.05) is 19.1 Å². The Morgan fingerprint density at radius 2 is 1.89 bits per heavy atom. The van der Waals surface area contributed by atoms with Crippen molar-refractivity contribution >= 4 is 21.8 Å². The van der Waals surface area contributed by atoms with Gasteiger partial charge in [-0.25, -0.2) is 0 Å². The highest BCUT2D eigenvalue weighted by Crippen LogP contribution is 2.36. The lowest BCUT2D eigenvalue weighted by Crippen LogP contribution is -2.24. The molecule has 0 aromatic heterocycles. The fraction of sp³-hybridized carbons (Fsp3) is 0.381. The number of carbonyl (C=O) groups excluding carboxylic acids is 1. The summed E-state index contributed by atoms with van der Waals surface area (Å²) < 4.78 is 11.9. The minimum Gasteiger partial charge on any atom is -0.492 e. The summed E-state index contributed by atoms with van der Waals surface area (Å²) in [6, 6.07) is 11.7. The Labute approximate surface area is 169 Å². The Hall–Kier alpha value is -2.05. The minimum atomic E-state index is -0.0286. The van der Waals surface area contributed by atoms with E-state index in [1.54, 1.807) is 7.11 Å². The van der Waals surface area contributed by atoms with Crippen LogP contribution in [0.1, 0.15) is 41.8 Å². The number of amides is 1. The molecule has 2 N–H and O–H groups in total. The van der Waals surface area contributed by atoms with Crippen LogP contribution in [-0.2, 0) is 13.1 Å². The maximum absolute atomic E-state index is 12.1. The molecule has 5 nitrogen and oxygen atoms in total. The molecule has 0 radical (unpaired) electrons. The van der Waals surface area contributed by atoms with Crippen LogP contribution in [0.3, 0.4) is 0 Å². The van der Waals surface area contributed by atoms with Crippen molar-refractivity contribution in [1.82, 2.24) is 10.6 Å². The van der Waals surface area contributed by atoms with E-state index in [4.69, 9.17) is 9.47 Å². The largest absolute Gasteiger partial charge is 0.492 e. The van der Waals surface area contributed by atoms with E-state index in [0.29, 0.717) is 37.6 Å². The lowest BCUT2D eigenvalue weighted by atomic mass is 10.1. The second-order valence-corrected chi connectivity index (χ2v) is 6.96. The van der Waals surface area contributed by atoms with Crippen LogP contribution in [0.15, 0.2) is 40.9 Å². The summed E-state index contributed by atoms with van der Waals surface area (Å²) >= 11 is 3.53. The Balaban J connectivity index is 1.99. The molecule has 2 rings (SSSR count). The van der Waals surface area contributed by atoms with Crippen molar-refractivity contribution in [1.29, 1.82) is 0 Å². The van der Waals surface area contributed by atoms with Gasteiger partial charge >= 0.3 is 0 Å². The highest BCUT2D eigenvalue weighted by atomic mass is 79.9. The molecular weight excluding hydrogens is 408 g/mol. The molecule has 0 saturated carbocycles. The molecule has 0 aliphatic heterocycles. The summed E-state index contributed by atoms with van der Waals surface area (Å²) in [4.78, 5) is 12.1. The molecule has 0 aliphatic rings. The van der Waals surface area contributed by atoms with Crippen molar-refractivity contribution in [2.45, 2.75) is 33.4 Å². The third-order valence-corrected chi connectivity index (χ3v) is 4.55. The van der Waals surface area contributed by atoms with E-state index in [1.165, 1.54) is 0 Å². The summed E-state index contributed by atoms with van der Waals surface area (Å²) in [5.41, 5.74) is 2.84. The quantitative estimate of drug-likeness (QED) is 0.585. The Morgan fingerprint density at radius 1 is 1.11 bits per heavy atom. The summed E-state index contributed by atoms with van der Waals surface area (Å²) in [6.07, 6.45) is 0.925. The average Bonchev–Trinajstić information content (AvgIpc) is 2.66. The molecule has 6 heteroatoms. The first-order chi connectivity index (χ1) is 13.1. The van der Waals surface area contributed by atoms with Gasteiger partial charge in [-0.05, 0) is 64.7 Å². The molecule has 1 amide bonds. The number of carbonyl (C=O) groups is 1. The third-order valence-electron chi connectivity index (χ3n) is 3.96. The molecule has 0 atom stereocenters. The SMILES string of the molecule is CCCNC(=O)c1cccc(CNCc2cc(Br)c(OC)c(OCC)c2)c1. The summed E-state index contributed by atoms with van der Waals surface area (Å²) in [5, 5.41) is 6.32. The zero-order valence-electron chi connectivity index (χ0n) is 16.1. The van der Waals surface area contributed by atoms with E-state index in [-0.39, 0.29) is 5.91 Å². The van der Waals surface area contributed by atoms with Crippen molar-refractivity contribution in [2.24, 2.45) is 0 Å². The smallest absolute Gasteiger partial charge is 0.251 e. The first-order valence-corrected chi connectivity index (χ1v) is 9.95. The maximum Gasteiger partial charge on any atom is 0.251 e. The molecule has 0 spiro atoms. The number of rotatable bonds is 10. The molecular formula is C21H27BrN2O3. The fourth-order valence-corrected chi connectivity index (χ4v) is 3.35. The van der Waals surface area contributed by atoms with Gasteiger partial charge in [0.2, 0.25) is 0 Å². The van der Waals surface area contributed by atoms with Gasteiger partial charge in [-0.15, -0.1) is 0 Å². The topological polar surface area (TPSA) is 59.6 Å². The fourth-order valence-electron chi connectivity index (χ4n) is 2.70. The molecule has 146 valence electrons. The average molecular weight is 435 g/mol. The number of hydrogen-bond donors (Lipinski definition) is 2. The minimum absolute atomic E-state index is 0.0286. The van der Waals surface area contributed by atoms with Gasteiger partial charge in [0.25, 0.3) is 5.91 Å². The second-order valence-electron chi connectivity index (χ2n) is 6.10. The lowest BCUT2D eigenvalue weighted by molar-refractivity contribution is 0.0953. The highest BCUT2D eigenvalue weighted by molar-refractivity contribution is 9.10. The molecule has 27 heavy (non-hydrogen) atoms. The van der Waals surface area contributed by atoms with Crippen molar-refractivity contribution in [2.75, 3.05) is 20.3 Å². The van der Waals surface area contributed by atoms with Crippen molar-refractivity contribution in [3.63, 3.8) is 0 Å². The van der Waals surface area contributed by atoms with Crippen molar-refractivity contribution in [3.05, 3.63) is 57.6 Å². The highest BCUT2D eigenvalue weighted by Gasteiger charge is 2.11. The lowest BCUT2D eigenvalue weighted by Gasteiger charge is -2.14. The van der Waals surface area contributed by atoms with Crippen LogP contribution in [0.2, 0.25) is 0 Å². The van der Waals surface area contributed by atoms with Crippen LogP contribution >= 0.6 is 15.9 Å². The van der Waals surface area contributed by atoms with Crippen LogP contribution in [0.5, 0.6) is 11.5 Å². The van der Waals surface area contributed by atoms with E-state index in [1.807, 2.05) is 50.2 Å². The van der Waals surface area contributed by atoms with E-state index < -0.39 is 0 Å². The number of hydrogen-bond acceptors (Lipinski definition) is 4. The number of ether oxygens (including phenoxy) is 2. The predicted molar refractivity (Wildman–Crippen MR) is 111 cm³/mol. The van der Waals surface area contributed by atoms with E-state index >= 15 is 0 Å². The van der Waals surface area contributed by atoms with Gasteiger partial charge in [-0.3, -0.25) is 4.79 Å². The van der Waals surface area contributed by atoms with E-state index in [0.717, 1.165) is 27.8 Å². The van der Waals surface area contributed by atoms with Crippen molar-refractivity contribution < 1.29 is 14.3 Å². The predicted octanol–water partition coefficient (Wildman–Crippen LogP) is 4.29.